The highest BCUT2D eigenvalue weighted by atomic mass is 16.5. The molecule has 0 bridgehead atoms. The van der Waals surface area contributed by atoms with E-state index in [-0.39, 0.29) is 18.7 Å². The maximum Gasteiger partial charge on any atom is 0.563 e. The number of carbonyl (C=O) groups is 1. The molecule has 2 aromatic carbocycles. The summed E-state index contributed by atoms with van der Waals surface area (Å²) in [5.41, 5.74) is 8.82. The van der Waals surface area contributed by atoms with Crippen LogP contribution in [-0.4, -0.2) is 35.4 Å². The average Bonchev–Trinajstić information content (AvgIpc) is 2.68. The van der Waals surface area contributed by atoms with Crippen LogP contribution in [0.15, 0.2) is 59.9 Å². The first kappa shape index (κ1) is 18.3. The summed E-state index contributed by atoms with van der Waals surface area (Å²) < 4.78 is 5.26. The molecule has 140 valence electrons. The van der Waals surface area contributed by atoms with Crippen LogP contribution in [0.4, 0.5) is 5.69 Å². The fourth-order valence-corrected chi connectivity index (χ4v) is 3.53. The molecule has 1 aliphatic rings. The predicted molar refractivity (Wildman–Crippen MR) is 110 cm³/mol. The molecule has 2 heterocycles. The van der Waals surface area contributed by atoms with Crippen molar-refractivity contribution in [1.82, 2.24) is 4.98 Å². The lowest BCUT2D eigenvalue weighted by atomic mass is 9.75. The Labute approximate surface area is 163 Å². The summed E-state index contributed by atoms with van der Waals surface area (Å²) in [6.07, 6.45) is 3.82. The Morgan fingerprint density at radius 2 is 2.07 bits per heavy atom. The Bertz CT molecular complexity index is 1080. The molecule has 6 nitrogen and oxygen atoms in total. The second kappa shape index (κ2) is 7.54. The molecule has 0 fully saturated rings. The molecule has 7 heteroatoms. The van der Waals surface area contributed by atoms with E-state index in [4.69, 9.17) is 10.4 Å². The van der Waals surface area contributed by atoms with E-state index in [1.807, 2.05) is 30.3 Å². The number of hydrogen-bond donors (Lipinski definition) is 2. The number of benzene rings is 2. The minimum Gasteiger partial charge on any atom is -0.522 e. The Morgan fingerprint density at radius 3 is 2.89 bits per heavy atom. The normalized spacial score (nSPS) is 14.2. The van der Waals surface area contributed by atoms with Crippen LogP contribution in [0.25, 0.3) is 10.8 Å². The second-order valence-corrected chi connectivity index (χ2v) is 6.91. The van der Waals surface area contributed by atoms with Crippen LogP contribution in [0, 0.1) is 0 Å². The zero-order valence-electron chi connectivity index (χ0n) is 15.5. The van der Waals surface area contributed by atoms with Gasteiger partial charge in [-0.2, -0.15) is 0 Å². The van der Waals surface area contributed by atoms with E-state index < -0.39 is 13.0 Å². The summed E-state index contributed by atoms with van der Waals surface area (Å²) in [7, 11) is -1.09. The summed E-state index contributed by atoms with van der Waals surface area (Å²) in [6.45, 7) is 1.88. The van der Waals surface area contributed by atoms with Crippen molar-refractivity contribution in [2.45, 2.75) is 19.3 Å². The van der Waals surface area contributed by atoms with Crippen molar-refractivity contribution in [3.05, 3.63) is 66.0 Å². The van der Waals surface area contributed by atoms with Gasteiger partial charge in [-0.25, -0.2) is 4.99 Å². The van der Waals surface area contributed by atoms with Crippen LogP contribution in [0.5, 0.6) is 0 Å². The van der Waals surface area contributed by atoms with Gasteiger partial charge in [0, 0.05) is 43.1 Å². The molecule has 0 saturated carbocycles. The minimum atomic E-state index is -1.09. The smallest absolute Gasteiger partial charge is 0.522 e. The number of aliphatic imine (C=N–C) groups is 1. The zero-order valence-corrected chi connectivity index (χ0v) is 15.5. The van der Waals surface area contributed by atoms with Crippen LogP contribution >= 0.6 is 0 Å². The predicted octanol–water partition coefficient (Wildman–Crippen LogP) is 1.86. The first-order valence-electron chi connectivity index (χ1n) is 9.14. The van der Waals surface area contributed by atoms with Crippen LogP contribution in [0.1, 0.15) is 24.0 Å². The Morgan fingerprint density at radius 1 is 1.21 bits per heavy atom. The van der Waals surface area contributed by atoms with Gasteiger partial charge in [-0.15, -0.1) is 0 Å². The number of nitrogens with two attached hydrogens (primary N) is 1. The number of hydrogen-bond acceptors (Lipinski definition) is 6. The number of aromatic nitrogens is 1. The molecule has 28 heavy (non-hydrogen) atoms. The van der Waals surface area contributed by atoms with Gasteiger partial charge in [-0.3, -0.25) is 9.78 Å². The van der Waals surface area contributed by atoms with E-state index in [0.717, 1.165) is 21.9 Å². The topological polar surface area (TPSA) is 97.8 Å². The lowest BCUT2D eigenvalue weighted by Gasteiger charge is -2.20. The molecule has 1 atom stereocenters. The molecule has 1 aromatic heterocycles. The number of pyridine rings is 1. The maximum absolute atomic E-state index is 13.0. The molecule has 3 aromatic rings. The highest BCUT2D eigenvalue weighted by Gasteiger charge is 2.29. The largest absolute Gasteiger partial charge is 0.563 e. The van der Waals surface area contributed by atoms with E-state index >= 15 is 0 Å². The highest BCUT2D eigenvalue weighted by Crippen LogP contribution is 2.24. The second-order valence-electron chi connectivity index (χ2n) is 6.91. The summed E-state index contributed by atoms with van der Waals surface area (Å²) in [6, 6.07) is 13.2. The SMILES string of the molecule is CC1=Nc2ccc(C(CN)C(=O)Cc3ccc4cnccc4c3)cc2B(O)O1. The molecule has 4 rings (SSSR count). The third-order valence-electron chi connectivity index (χ3n) is 4.99. The molecule has 1 unspecified atom stereocenters. The first-order chi connectivity index (χ1) is 13.5. The van der Waals surface area contributed by atoms with Gasteiger partial charge < -0.3 is 15.4 Å². The highest BCUT2D eigenvalue weighted by molar-refractivity contribution is 6.64. The molecular formula is C21H20BN3O3. The number of Topliss-reactive ketones (excluding diaryl/α,β-unsaturated/α-hetero) is 1. The van der Waals surface area contributed by atoms with E-state index in [2.05, 4.69) is 9.98 Å². The van der Waals surface area contributed by atoms with Gasteiger partial charge in [0.15, 0.2) is 5.90 Å². The average molecular weight is 373 g/mol. The quantitative estimate of drug-likeness (QED) is 0.666. The van der Waals surface area contributed by atoms with Gasteiger partial charge >= 0.3 is 7.12 Å². The van der Waals surface area contributed by atoms with Crippen molar-refractivity contribution in [1.29, 1.82) is 0 Å². The van der Waals surface area contributed by atoms with Crippen LogP contribution in [-0.2, 0) is 15.9 Å². The van der Waals surface area contributed by atoms with Crippen molar-refractivity contribution in [3.8, 4) is 0 Å². The summed E-state index contributed by atoms with van der Waals surface area (Å²) in [5.74, 6) is -0.0231. The first-order valence-corrected chi connectivity index (χ1v) is 9.14. The number of ketones is 1. The van der Waals surface area contributed by atoms with E-state index in [9.17, 15) is 9.82 Å². The fourth-order valence-electron chi connectivity index (χ4n) is 3.53. The zero-order chi connectivity index (χ0) is 19.7. The third-order valence-corrected chi connectivity index (χ3v) is 4.99. The molecule has 0 amide bonds. The molecule has 0 aliphatic carbocycles. The molecule has 0 saturated heterocycles. The maximum atomic E-state index is 13.0. The number of nitrogens with zero attached hydrogens (tertiary/aromatic N) is 2. The Kier molecular flexibility index (Phi) is 4.94. The monoisotopic (exact) mass is 373 g/mol. The third kappa shape index (κ3) is 3.54. The summed E-state index contributed by atoms with van der Waals surface area (Å²) in [4.78, 5) is 21.4. The number of carbonyl (C=O) groups excluding carboxylic acids is 1. The van der Waals surface area contributed by atoms with Crippen LogP contribution in [0.2, 0.25) is 0 Å². The van der Waals surface area contributed by atoms with Gasteiger partial charge in [0.1, 0.15) is 5.78 Å². The fraction of sp³-hybridized carbons (Fsp3) is 0.190. The van der Waals surface area contributed by atoms with Crippen molar-refractivity contribution in [3.63, 3.8) is 0 Å². The lowest BCUT2D eigenvalue weighted by Crippen LogP contribution is -2.39. The van der Waals surface area contributed by atoms with Gasteiger partial charge in [0.2, 0.25) is 0 Å². The molecule has 0 radical (unpaired) electrons. The van der Waals surface area contributed by atoms with E-state index in [1.54, 1.807) is 31.5 Å². The Balaban J connectivity index is 1.59. The molecular weight excluding hydrogens is 353 g/mol. The van der Waals surface area contributed by atoms with Crippen molar-refractivity contribution >= 4 is 40.7 Å². The van der Waals surface area contributed by atoms with Gasteiger partial charge in [0.25, 0.3) is 0 Å². The molecule has 1 aliphatic heterocycles. The summed E-state index contributed by atoms with van der Waals surface area (Å²) >= 11 is 0. The van der Waals surface area contributed by atoms with E-state index in [0.29, 0.717) is 17.0 Å². The van der Waals surface area contributed by atoms with Gasteiger partial charge in [-0.1, -0.05) is 30.3 Å². The van der Waals surface area contributed by atoms with Crippen molar-refractivity contribution in [2.75, 3.05) is 6.54 Å². The standard InChI is InChI=1S/C21H20BN3O3/c1-13-25-20-5-4-16(10-19(20)22(27)28-13)18(11-23)21(26)9-14-2-3-17-12-24-7-6-15(17)8-14/h2-8,10,12,18,27H,9,11,23H2,1H3. The van der Waals surface area contributed by atoms with E-state index in [1.165, 1.54) is 0 Å². The number of fused-ring (bicyclic) bond motifs is 2. The van der Waals surface area contributed by atoms with Crippen LogP contribution in [0.3, 0.4) is 0 Å². The van der Waals surface area contributed by atoms with Crippen LogP contribution < -0.4 is 11.2 Å². The number of rotatable bonds is 5. The summed E-state index contributed by atoms with van der Waals surface area (Å²) in [5, 5.41) is 12.2. The molecule has 3 N–H and O–H groups in total. The minimum absolute atomic E-state index is 0.0294. The van der Waals surface area contributed by atoms with Gasteiger partial charge in [0.05, 0.1) is 11.6 Å². The lowest BCUT2D eigenvalue weighted by molar-refractivity contribution is -0.119. The van der Waals surface area contributed by atoms with Crippen molar-refractivity contribution in [2.24, 2.45) is 10.7 Å². The Hall–Kier alpha value is -3.03. The molecule has 0 spiro atoms. The van der Waals surface area contributed by atoms with Crippen molar-refractivity contribution < 1.29 is 14.5 Å². The van der Waals surface area contributed by atoms with Gasteiger partial charge in [-0.05, 0) is 28.6 Å².